The largest absolute Gasteiger partial charge is 2.00 e. The third kappa shape index (κ3) is 28.8. The van der Waals surface area contributed by atoms with Gasteiger partial charge in [-0.15, -0.1) is 0 Å². The molecule has 29 heavy (non-hydrogen) atoms. The molecule has 0 heterocycles. The van der Waals surface area contributed by atoms with Crippen molar-refractivity contribution in [3.8, 4) is 0 Å². The molecular weight excluding hydrogens is 450 g/mol. The predicted molar refractivity (Wildman–Crippen MR) is 115 cm³/mol. The summed E-state index contributed by atoms with van der Waals surface area (Å²) in [6.07, 6.45) is 11.8. The summed E-state index contributed by atoms with van der Waals surface area (Å²) in [6.45, 7) is 8.99. The van der Waals surface area contributed by atoms with E-state index in [9.17, 15) is 18.9 Å². The second-order valence-corrected chi connectivity index (χ2v) is 11.0. The van der Waals surface area contributed by atoms with Crippen molar-refractivity contribution < 1.29 is 45.3 Å². The van der Waals surface area contributed by atoms with E-state index in [4.69, 9.17) is 9.05 Å². The van der Waals surface area contributed by atoms with Crippen LogP contribution in [0.1, 0.15) is 105 Å². The van der Waals surface area contributed by atoms with E-state index < -0.39 is 15.2 Å². The van der Waals surface area contributed by atoms with Gasteiger partial charge in [0, 0.05) is 12.3 Å². The van der Waals surface area contributed by atoms with Gasteiger partial charge in [-0.3, -0.25) is 0 Å². The number of hydrogen-bond donors (Lipinski definition) is 0. The Morgan fingerprint density at radius 2 is 0.828 bits per heavy atom. The van der Waals surface area contributed by atoms with Crippen LogP contribution in [0.3, 0.4) is 0 Å². The molecule has 0 aliphatic heterocycles. The minimum Gasteiger partial charge on any atom is -0.778 e. The Balaban J connectivity index is -0.000000451. The molecule has 0 radical (unpaired) electrons. The molecule has 0 aliphatic rings. The van der Waals surface area contributed by atoms with Crippen molar-refractivity contribution in [2.75, 3.05) is 25.5 Å². The Labute approximate surface area is 190 Å². The Hall–Kier alpha value is 0.832. The minimum absolute atomic E-state index is 0. The van der Waals surface area contributed by atoms with E-state index in [1.807, 2.05) is 0 Å². The zero-order valence-electron chi connectivity index (χ0n) is 19.1. The smallest absolute Gasteiger partial charge is 0.778 e. The molecule has 0 spiro atoms. The van der Waals surface area contributed by atoms with Gasteiger partial charge in [-0.25, -0.2) is 0 Å². The van der Waals surface area contributed by atoms with Gasteiger partial charge in [0.2, 0.25) is 0 Å². The molecule has 0 saturated heterocycles. The van der Waals surface area contributed by atoms with Crippen LogP contribution in [-0.4, -0.2) is 25.5 Å². The van der Waals surface area contributed by atoms with Crippen LogP contribution < -0.4 is 9.79 Å². The van der Waals surface area contributed by atoms with E-state index in [2.05, 4.69) is 27.7 Å². The molecule has 9 heteroatoms. The first-order valence-electron chi connectivity index (χ1n) is 11.1. The van der Waals surface area contributed by atoms with Gasteiger partial charge in [-0.1, -0.05) is 79.1 Å². The molecule has 0 aromatic heterocycles. The maximum absolute atomic E-state index is 11.3. The molecule has 0 aromatic rings. The standard InChI is InChI=1S/2C10H23O3P.Cr/c2*1-3-5-7-9-13-14(11,12)10-8-6-4-2;/h2*3-10H2,1-2H3,(H,11,12);/q;;+2/p-2. The Kier molecular flexibility index (Phi) is 27.9. The van der Waals surface area contributed by atoms with Crippen molar-refractivity contribution in [2.24, 2.45) is 0 Å². The van der Waals surface area contributed by atoms with Crippen LogP contribution >= 0.6 is 15.2 Å². The van der Waals surface area contributed by atoms with E-state index >= 15 is 0 Å². The van der Waals surface area contributed by atoms with Gasteiger partial charge >= 0.3 is 17.4 Å². The van der Waals surface area contributed by atoms with E-state index in [1.54, 1.807) is 0 Å². The van der Waals surface area contributed by atoms with Crippen molar-refractivity contribution in [1.82, 2.24) is 0 Å². The summed E-state index contributed by atoms with van der Waals surface area (Å²) in [4.78, 5) is 22.5. The first-order valence-corrected chi connectivity index (χ1v) is 14.6. The molecule has 0 N–H and O–H groups in total. The zero-order chi connectivity index (χ0) is 21.7. The van der Waals surface area contributed by atoms with Crippen molar-refractivity contribution in [3.63, 3.8) is 0 Å². The maximum atomic E-state index is 11.3. The summed E-state index contributed by atoms with van der Waals surface area (Å²) < 4.78 is 32.3. The van der Waals surface area contributed by atoms with E-state index in [0.29, 0.717) is 13.2 Å². The molecule has 176 valence electrons. The number of rotatable bonds is 18. The topological polar surface area (TPSA) is 98.7 Å². The summed E-state index contributed by atoms with van der Waals surface area (Å²) in [7, 11) is -7.02. The average Bonchev–Trinajstić information content (AvgIpc) is 2.63. The van der Waals surface area contributed by atoms with Crippen LogP contribution in [0.4, 0.5) is 0 Å². The van der Waals surface area contributed by atoms with Crippen LogP contribution in [-0.2, 0) is 35.5 Å². The summed E-state index contributed by atoms with van der Waals surface area (Å²) in [5.74, 6) is 0. The molecule has 0 saturated carbocycles. The second-order valence-electron chi connectivity index (χ2n) is 7.16. The van der Waals surface area contributed by atoms with E-state index in [-0.39, 0.29) is 29.7 Å². The fourth-order valence-corrected chi connectivity index (χ4v) is 4.65. The minimum atomic E-state index is -3.51. The molecule has 0 amide bonds. The van der Waals surface area contributed by atoms with E-state index in [1.165, 1.54) is 0 Å². The molecule has 0 fully saturated rings. The molecule has 6 nitrogen and oxygen atoms in total. The van der Waals surface area contributed by atoms with Crippen LogP contribution in [0.15, 0.2) is 0 Å². The normalized spacial score (nSPS) is 14.8. The molecule has 0 aromatic carbocycles. The Morgan fingerprint density at radius 3 is 1.10 bits per heavy atom. The van der Waals surface area contributed by atoms with Gasteiger partial charge in [0.25, 0.3) is 0 Å². The van der Waals surface area contributed by atoms with Gasteiger partial charge in [-0.2, -0.15) is 0 Å². The van der Waals surface area contributed by atoms with Crippen LogP contribution in [0.25, 0.3) is 0 Å². The predicted octanol–water partition coefficient (Wildman–Crippen LogP) is 5.87. The van der Waals surface area contributed by atoms with E-state index in [0.717, 1.165) is 77.0 Å². The molecular formula is C20H44CrO6P2. The third-order valence-corrected chi connectivity index (χ3v) is 7.02. The molecule has 2 atom stereocenters. The Bertz CT molecular complexity index is 386. The van der Waals surface area contributed by atoms with Crippen LogP contribution in [0, 0.1) is 0 Å². The monoisotopic (exact) mass is 494 g/mol. The van der Waals surface area contributed by atoms with Gasteiger partial charge in [0.05, 0.1) is 13.2 Å². The first-order chi connectivity index (χ1) is 13.2. The zero-order valence-corrected chi connectivity index (χ0v) is 22.1. The third-order valence-electron chi connectivity index (χ3n) is 4.14. The second kappa shape index (κ2) is 23.5. The van der Waals surface area contributed by atoms with Crippen LogP contribution in [0.2, 0.25) is 0 Å². The molecule has 2 unspecified atom stereocenters. The quantitative estimate of drug-likeness (QED) is 0.175. The average molecular weight is 495 g/mol. The fraction of sp³-hybridized carbons (Fsp3) is 1.00. The summed E-state index contributed by atoms with van der Waals surface area (Å²) in [5, 5.41) is 0. The maximum Gasteiger partial charge on any atom is 2.00 e. The first kappa shape index (κ1) is 34.4. The van der Waals surface area contributed by atoms with Crippen molar-refractivity contribution in [2.45, 2.75) is 105 Å². The molecule has 0 rings (SSSR count). The fourth-order valence-electron chi connectivity index (χ4n) is 2.35. The number of hydrogen-bond acceptors (Lipinski definition) is 6. The molecule has 0 aliphatic carbocycles. The SMILES string of the molecule is CCCCCOP(=O)([O-])CCCCC.CCCCCOP(=O)([O-])CCCCC.[Cr+2]. The van der Waals surface area contributed by atoms with Gasteiger partial charge in [0.1, 0.15) is 15.2 Å². The number of unbranched alkanes of at least 4 members (excludes halogenated alkanes) is 8. The van der Waals surface area contributed by atoms with Crippen molar-refractivity contribution in [1.29, 1.82) is 0 Å². The van der Waals surface area contributed by atoms with Gasteiger partial charge in [-0.05, 0) is 25.7 Å². The van der Waals surface area contributed by atoms with Crippen molar-refractivity contribution >= 4 is 15.2 Å². The van der Waals surface area contributed by atoms with Gasteiger partial charge < -0.3 is 28.0 Å². The summed E-state index contributed by atoms with van der Waals surface area (Å²) >= 11 is 0. The van der Waals surface area contributed by atoms with Crippen molar-refractivity contribution in [3.05, 3.63) is 0 Å². The summed E-state index contributed by atoms with van der Waals surface area (Å²) in [5.41, 5.74) is 0. The Morgan fingerprint density at radius 1 is 0.552 bits per heavy atom. The molecule has 0 bridgehead atoms. The van der Waals surface area contributed by atoms with Gasteiger partial charge in [0.15, 0.2) is 0 Å². The summed E-state index contributed by atoms with van der Waals surface area (Å²) in [6, 6.07) is 0. The van der Waals surface area contributed by atoms with Crippen LogP contribution in [0.5, 0.6) is 0 Å².